The minimum absolute atomic E-state index is 0.0685. The first-order valence-electron chi connectivity index (χ1n) is 9.15. The van der Waals surface area contributed by atoms with Crippen molar-refractivity contribution in [2.75, 3.05) is 5.32 Å². The molecule has 1 aliphatic heterocycles. The molecule has 1 heterocycles. The standard InChI is InChI=1S/C21H18ClF3N2O3/c1-11(2)9-17(27-19(29)13-5-3-4-6-14(13)20(27)30)18(28)26-12-7-8-16(22)15(10-12)21(23,24)25/h3-8,10-11,17H,9H2,1-2H3,(H,26,28)/t17-/m1/s1. The summed E-state index contributed by atoms with van der Waals surface area (Å²) >= 11 is 5.61. The van der Waals surface area contributed by atoms with Crippen molar-refractivity contribution in [1.29, 1.82) is 0 Å². The first-order valence-corrected chi connectivity index (χ1v) is 9.53. The number of amides is 3. The van der Waals surface area contributed by atoms with Gasteiger partial charge in [-0.1, -0.05) is 37.6 Å². The van der Waals surface area contributed by atoms with Crippen molar-refractivity contribution in [3.8, 4) is 0 Å². The Morgan fingerprint density at radius 3 is 2.13 bits per heavy atom. The molecule has 0 aromatic heterocycles. The molecule has 158 valence electrons. The topological polar surface area (TPSA) is 66.5 Å². The monoisotopic (exact) mass is 438 g/mol. The van der Waals surface area contributed by atoms with E-state index in [1.165, 1.54) is 18.2 Å². The molecule has 30 heavy (non-hydrogen) atoms. The maximum absolute atomic E-state index is 13.1. The lowest BCUT2D eigenvalue weighted by molar-refractivity contribution is -0.137. The summed E-state index contributed by atoms with van der Waals surface area (Å²) in [4.78, 5) is 39.4. The molecule has 0 fully saturated rings. The molecule has 1 aliphatic rings. The average molecular weight is 439 g/mol. The molecule has 0 saturated heterocycles. The van der Waals surface area contributed by atoms with Gasteiger partial charge in [-0.2, -0.15) is 13.2 Å². The number of anilines is 1. The second kappa shape index (κ2) is 8.10. The summed E-state index contributed by atoms with van der Waals surface area (Å²) in [7, 11) is 0. The van der Waals surface area contributed by atoms with Crippen LogP contribution in [-0.2, 0) is 11.0 Å². The molecule has 0 bridgehead atoms. The van der Waals surface area contributed by atoms with Gasteiger partial charge in [0.2, 0.25) is 5.91 Å². The summed E-state index contributed by atoms with van der Waals surface area (Å²) in [6.07, 6.45) is -4.55. The second-order valence-electron chi connectivity index (χ2n) is 7.35. The van der Waals surface area contributed by atoms with Gasteiger partial charge in [0.05, 0.1) is 21.7 Å². The van der Waals surface area contributed by atoms with Crippen LogP contribution in [0.1, 0.15) is 46.5 Å². The quantitative estimate of drug-likeness (QED) is 0.667. The van der Waals surface area contributed by atoms with Crippen molar-refractivity contribution in [2.24, 2.45) is 5.92 Å². The molecule has 9 heteroatoms. The average Bonchev–Trinajstić information content (AvgIpc) is 2.91. The zero-order chi connectivity index (χ0) is 22.2. The van der Waals surface area contributed by atoms with Crippen LogP contribution in [0, 0.1) is 5.92 Å². The molecule has 2 aromatic rings. The van der Waals surface area contributed by atoms with Crippen LogP contribution < -0.4 is 5.32 Å². The van der Waals surface area contributed by atoms with Gasteiger partial charge in [0.1, 0.15) is 6.04 Å². The maximum Gasteiger partial charge on any atom is 0.417 e. The highest BCUT2D eigenvalue weighted by atomic mass is 35.5. The number of nitrogens with zero attached hydrogens (tertiary/aromatic N) is 1. The number of carbonyl (C=O) groups excluding carboxylic acids is 3. The Balaban J connectivity index is 1.92. The fourth-order valence-electron chi connectivity index (χ4n) is 3.31. The van der Waals surface area contributed by atoms with E-state index in [0.717, 1.165) is 17.0 Å². The fraction of sp³-hybridized carbons (Fsp3) is 0.286. The third-order valence-corrected chi connectivity index (χ3v) is 5.00. The predicted octanol–water partition coefficient (Wildman–Crippen LogP) is 5.01. The summed E-state index contributed by atoms with van der Waals surface area (Å²) in [5.41, 5.74) is -0.852. The van der Waals surface area contributed by atoms with Crippen LogP contribution in [0.5, 0.6) is 0 Å². The Labute approximate surface area is 175 Å². The predicted molar refractivity (Wildman–Crippen MR) is 105 cm³/mol. The summed E-state index contributed by atoms with van der Waals surface area (Å²) in [5, 5.41) is 1.89. The molecule has 0 spiro atoms. The number of imide groups is 1. The smallest absolute Gasteiger partial charge is 0.324 e. The maximum atomic E-state index is 13.1. The Hall–Kier alpha value is -2.87. The molecule has 3 amide bonds. The van der Waals surface area contributed by atoms with Crippen molar-refractivity contribution in [3.63, 3.8) is 0 Å². The zero-order valence-corrected chi connectivity index (χ0v) is 16.8. The van der Waals surface area contributed by atoms with E-state index >= 15 is 0 Å². The van der Waals surface area contributed by atoms with E-state index in [1.54, 1.807) is 12.1 Å². The molecule has 1 N–H and O–H groups in total. The van der Waals surface area contributed by atoms with Crippen molar-refractivity contribution in [1.82, 2.24) is 4.90 Å². The van der Waals surface area contributed by atoms with E-state index < -0.39 is 40.5 Å². The summed E-state index contributed by atoms with van der Waals surface area (Å²) in [6, 6.07) is 8.00. The lowest BCUT2D eigenvalue weighted by Gasteiger charge is -2.27. The number of rotatable bonds is 5. The van der Waals surface area contributed by atoms with Crippen molar-refractivity contribution < 1.29 is 27.6 Å². The van der Waals surface area contributed by atoms with Crippen LogP contribution in [0.2, 0.25) is 5.02 Å². The number of benzene rings is 2. The van der Waals surface area contributed by atoms with Crippen LogP contribution in [0.25, 0.3) is 0 Å². The molecule has 5 nitrogen and oxygen atoms in total. The Morgan fingerprint density at radius 1 is 1.07 bits per heavy atom. The van der Waals surface area contributed by atoms with Gasteiger partial charge in [0.25, 0.3) is 11.8 Å². The number of alkyl halides is 3. The molecule has 0 unspecified atom stereocenters. The molecule has 0 aliphatic carbocycles. The second-order valence-corrected chi connectivity index (χ2v) is 7.76. The number of hydrogen-bond donors (Lipinski definition) is 1. The van der Waals surface area contributed by atoms with Gasteiger partial charge < -0.3 is 5.32 Å². The lowest BCUT2D eigenvalue weighted by atomic mass is 10.0. The minimum Gasteiger partial charge on any atom is -0.324 e. The van der Waals surface area contributed by atoms with Crippen LogP contribution >= 0.6 is 11.6 Å². The lowest BCUT2D eigenvalue weighted by Crippen LogP contribution is -2.48. The highest BCUT2D eigenvalue weighted by Crippen LogP contribution is 2.36. The van der Waals surface area contributed by atoms with E-state index in [-0.39, 0.29) is 29.2 Å². The molecule has 0 saturated carbocycles. The summed E-state index contributed by atoms with van der Waals surface area (Å²) in [5.74, 6) is -2.04. The largest absolute Gasteiger partial charge is 0.417 e. The Bertz CT molecular complexity index is 986. The van der Waals surface area contributed by atoms with E-state index in [4.69, 9.17) is 11.6 Å². The van der Waals surface area contributed by atoms with Crippen LogP contribution in [0.4, 0.5) is 18.9 Å². The Kier molecular flexibility index (Phi) is 5.90. The van der Waals surface area contributed by atoms with Crippen molar-refractivity contribution in [2.45, 2.75) is 32.5 Å². The van der Waals surface area contributed by atoms with Gasteiger partial charge in [-0.25, -0.2) is 0 Å². The van der Waals surface area contributed by atoms with E-state index in [0.29, 0.717) is 0 Å². The highest BCUT2D eigenvalue weighted by Gasteiger charge is 2.43. The Morgan fingerprint density at radius 2 is 1.63 bits per heavy atom. The highest BCUT2D eigenvalue weighted by molar-refractivity contribution is 6.31. The minimum atomic E-state index is -4.70. The van der Waals surface area contributed by atoms with Crippen LogP contribution in [0.15, 0.2) is 42.5 Å². The van der Waals surface area contributed by atoms with E-state index in [2.05, 4.69) is 5.32 Å². The molecular formula is C21H18ClF3N2O3. The van der Waals surface area contributed by atoms with Gasteiger partial charge in [0.15, 0.2) is 0 Å². The number of halogens is 4. The zero-order valence-electron chi connectivity index (χ0n) is 16.1. The number of hydrogen-bond acceptors (Lipinski definition) is 3. The van der Waals surface area contributed by atoms with Gasteiger partial charge in [-0.3, -0.25) is 19.3 Å². The SMILES string of the molecule is CC(C)C[C@H](C(=O)Nc1ccc(Cl)c(C(F)(F)F)c1)N1C(=O)c2ccccc2C1=O. The van der Waals surface area contributed by atoms with Crippen LogP contribution in [0.3, 0.4) is 0 Å². The van der Waals surface area contributed by atoms with Gasteiger partial charge in [-0.15, -0.1) is 0 Å². The normalized spacial score (nSPS) is 14.8. The molecule has 0 radical (unpaired) electrons. The summed E-state index contributed by atoms with van der Waals surface area (Å²) < 4.78 is 39.3. The first-order chi connectivity index (χ1) is 14.0. The number of nitrogens with one attached hydrogen (secondary N) is 1. The molecule has 1 atom stereocenters. The third kappa shape index (κ3) is 4.18. The van der Waals surface area contributed by atoms with E-state index in [9.17, 15) is 27.6 Å². The number of carbonyl (C=O) groups is 3. The fourth-order valence-corrected chi connectivity index (χ4v) is 3.54. The van der Waals surface area contributed by atoms with Gasteiger partial charge in [-0.05, 0) is 42.7 Å². The summed E-state index contributed by atoms with van der Waals surface area (Å²) in [6.45, 7) is 3.62. The molecule has 2 aromatic carbocycles. The van der Waals surface area contributed by atoms with Gasteiger partial charge >= 0.3 is 6.18 Å². The molecular weight excluding hydrogens is 421 g/mol. The number of fused-ring (bicyclic) bond motifs is 1. The first kappa shape index (κ1) is 21.8. The van der Waals surface area contributed by atoms with Gasteiger partial charge in [0, 0.05) is 5.69 Å². The molecule has 3 rings (SSSR count). The van der Waals surface area contributed by atoms with E-state index in [1.807, 2.05) is 13.8 Å². The van der Waals surface area contributed by atoms with Crippen molar-refractivity contribution in [3.05, 3.63) is 64.2 Å². The van der Waals surface area contributed by atoms with Crippen LogP contribution in [-0.4, -0.2) is 28.7 Å². The third-order valence-electron chi connectivity index (χ3n) is 4.67. The van der Waals surface area contributed by atoms with Crippen molar-refractivity contribution >= 4 is 35.0 Å².